The van der Waals surface area contributed by atoms with E-state index in [0.29, 0.717) is 16.1 Å². The van der Waals surface area contributed by atoms with Gasteiger partial charge < -0.3 is 10.2 Å². The number of anilines is 1. The van der Waals surface area contributed by atoms with Gasteiger partial charge in [-0.05, 0) is 55.3 Å². The average molecular weight is 345 g/mol. The predicted octanol–water partition coefficient (Wildman–Crippen LogP) is 3.16. The smallest absolute Gasteiger partial charge is 0.268 e. The molecule has 1 aromatic heterocycles. The van der Waals surface area contributed by atoms with Crippen LogP contribution in [0.2, 0.25) is 5.02 Å². The minimum absolute atomic E-state index is 0.266. The fourth-order valence-corrected chi connectivity index (χ4v) is 2.55. The lowest BCUT2D eigenvalue weighted by Crippen LogP contribution is -2.35. The van der Waals surface area contributed by atoms with Crippen LogP contribution in [0.15, 0.2) is 36.4 Å². The first-order chi connectivity index (χ1) is 11.5. The number of para-hydroxylation sites is 1. The van der Waals surface area contributed by atoms with Crippen molar-refractivity contribution >= 4 is 34.2 Å². The molecule has 1 N–H and O–H groups in total. The standard InChI is InChI=1S/C17H17ClN4O2/c1-10-5-4-6-11(2)16(10)19-17(23)12(3)24-22-15-9-13(18)7-8-14(15)20-21-22/h4-9,12H,1-3H3,(H,19,23). The zero-order valence-electron chi connectivity index (χ0n) is 13.6. The van der Waals surface area contributed by atoms with Crippen molar-refractivity contribution in [1.82, 2.24) is 15.2 Å². The van der Waals surface area contributed by atoms with E-state index in [4.69, 9.17) is 16.4 Å². The molecule has 1 heterocycles. The molecule has 0 aliphatic heterocycles. The molecule has 1 amide bonds. The van der Waals surface area contributed by atoms with E-state index in [-0.39, 0.29) is 5.91 Å². The van der Waals surface area contributed by atoms with Crippen molar-refractivity contribution in [3.05, 3.63) is 52.5 Å². The number of nitrogens with one attached hydrogen (secondary N) is 1. The Kier molecular flexibility index (Phi) is 4.40. The number of fused-ring (bicyclic) bond motifs is 1. The summed E-state index contributed by atoms with van der Waals surface area (Å²) in [5.74, 6) is -0.266. The fourth-order valence-electron chi connectivity index (χ4n) is 2.38. The van der Waals surface area contributed by atoms with Crippen molar-refractivity contribution in [3.8, 4) is 0 Å². The molecule has 3 rings (SSSR count). The van der Waals surface area contributed by atoms with Gasteiger partial charge in [-0.15, -0.1) is 5.10 Å². The number of aryl methyl sites for hydroxylation is 2. The number of nitrogens with zero attached hydrogens (tertiary/aromatic N) is 3. The Hall–Kier alpha value is -2.60. The lowest BCUT2D eigenvalue weighted by atomic mass is 10.1. The number of rotatable bonds is 4. The van der Waals surface area contributed by atoms with Crippen LogP contribution >= 0.6 is 11.6 Å². The second-order valence-electron chi connectivity index (χ2n) is 5.60. The SMILES string of the molecule is Cc1cccc(C)c1NC(=O)C(C)On1nnc2ccc(Cl)cc21. The maximum absolute atomic E-state index is 12.4. The molecule has 1 unspecified atom stereocenters. The van der Waals surface area contributed by atoms with Gasteiger partial charge in [0.15, 0.2) is 0 Å². The van der Waals surface area contributed by atoms with Crippen LogP contribution in [0, 0.1) is 13.8 Å². The van der Waals surface area contributed by atoms with Gasteiger partial charge in [-0.3, -0.25) is 4.79 Å². The van der Waals surface area contributed by atoms with Crippen molar-refractivity contribution in [2.75, 3.05) is 5.32 Å². The topological polar surface area (TPSA) is 69.0 Å². The minimum Gasteiger partial charge on any atom is -0.382 e. The number of carbonyl (C=O) groups is 1. The molecule has 6 nitrogen and oxygen atoms in total. The summed E-state index contributed by atoms with van der Waals surface area (Å²) in [4.78, 5) is 19.2. The number of benzene rings is 2. The molecule has 124 valence electrons. The van der Waals surface area contributed by atoms with Gasteiger partial charge in [-0.25, -0.2) is 0 Å². The second-order valence-corrected chi connectivity index (χ2v) is 6.04. The predicted molar refractivity (Wildman–Crippen MR) is 93.1 cm³/mol. The maximum atomic E-state index is 12.4. The molecule has 1 atom stereocenters. The van der Waals surface area contributed by atoms with E-state index in [1.165, 1.54) is 4.85 Å². The summed E-state index contributed by atoms with van der Waals surface area (Å²) in [6.07, 6.45) is -0.757. The number of halogens is 1. The molecule has 0 saturated carbocycles. The Balaban J connectivity index is 1.77. The number of amides is 1. The maximum Gasteiger partial charge on any atom is 0.268 e. The van der Waals surface area contributed by atoms with Crippen LogP contribution in [0.3, 0.4) is 0 Å². The van der Waals surface area contributed by atoms with Gasteiger partial charge in [0, 0.05) is 10.7 Å². The molecular formula is C17H17ClN4O2. The summed E-state index contributed by atoms with van der Waals surface area (Å²) in [5, 5.41) is 11.3. The molecule has 7 heteroatoms. The molecule has 3 aromatic rings. The molecular weight excluding hydrogens is 328 g/mol. The van der Waals surface area contributed by atoms with Gasteiger partial charge in [0.2, 0.25) is 6.10 Å². The highest BCUT2D eigenvalue weighted by molar-refractivity contribution is 6.31. The van der Waals surface area contributed by atoms with Gasteiger partial charge in [0.1, 0.15) is 11.0 Å². The van der Waals surface area contributed by atoms with Gasteiger partial charge >= 0.3 is 0 Å². The highest BCUT2D eigenvalue weighted by Crippen LogP contribution is 2.20. The molecule has 0 radical (unpaired) electrons. The summed E-state index contributed by atoms with van der Waals surface area (Å²) >= 11 is 5.99. The van der Waals surface area contributed by atoms with Crippen LogP contribution in [0.5, 0.6) is 0 Å². The Morgan fingerprint density at radius 3 is 2.67 bits per heavy atom. The van der Waals surface area contributed by atoms with Gasteiger partial charge in [0.05, 0.1) is 0 Å². The molecule has 0 aliphatic rings. The van der Waals surface area contributed by atoms with Crippen molar-refractivity contribution in [3.63, 3.8) is 0 Å². The first-order valence-electron chi connectivity index (χ1n) is 7.51. The van der Waals surface area contributed by atoms with Gasteiger partial charge in [-0.2, -0.15) is 0 Å². The lowest BCUT2D eigenvalue weighted by Gasteiger charge is -2.16. The number of hydrogen-bond donors (Lipinski definition) is 1. The summed E-state index contributed by atoms with van der Waals surface area (Å²) < 4.78 is 0. The summed E-state index contributed by atoms with van der Waals surface area (Å²) in [5.41, 5.74) is 4.03. The molecule has 2 aromatic carbocycles. The quantitative estimate of drug-likeness (QED) is 0.789. The van der Waals surface area contributed by atoms with E-state index < -0.39 is 6.10 Å². The Bertz CT molecular complexity index is 886. The fraction of sp³-hybridized carbons (Fsp3) is 0.235. The number of hydrogen-bond acceptors (Lipinski definition) is 4. The molecule has 0 spiro atoms. The second kappa shape index (κ2) is 6.49. The van der Waals surface area contributed by atoms with Crippen molar-refractivity contribution in [2.45, 2.75) is 26.9 Å². The van der Waals surface area contributed by atoms with Crippen LogP contribution in [-0.4, -0.2) is 27.2 Å². The number of carbonyl (C=O) groups excluding carboxylic acids is 1. The molecule has 0 saturated heterocycles. The van der Waals surface area contributed by atoms with Gasteiger partial charge in [-0.1, -0.05) is 34.6 Å². The van der Waals surface area contributed by atoms with E-state index in [1.54, 1.807) is 25.1 Å². The van der Waals surface area contributed by atoms with Crippen LogP contribution in [-0.2, 0) is 4.79 Å². The van der Waals surface area contributed by atoms with Crippen LogP contribution in [0.25, 0.3) is 11.0 Å². The average Bonchev–Trinajstić information content (AvgIpc) is 2.93. The highest BCUT2D eigenvalue weighted by Gasteiger charge is 2.19. The normalized spacial score (nSPS) is 12.2. The Labute approximate surface area is 144 Å². The van der Waals surface area contributed by atoms with Gasteiger partial charge in [0.25, 0.3) is 5.91 Å². The van der Waals surface area contributed by atoms with E-state index in [9.17, 15) is 4.79 Å². The van der Waals surface area contributed by atoms with Crippen LogP contribution in [0.1, 0.15) is 18.1 Å². The van der Waals surface area contributed by atoms with Crippen molar-refractivity contribution < 1.29 is 9.63 Å². The monoisotopic (exact) mass is 344 g/mol. The van der Waals surface area contributed by atoms with Crippen molar-refractivity contribution in [2.24, 2.45) is 0 Å². The molecule has 0 bridgehead atoms. The summed E-state index contributed by atoms with van der Waals surface area (Å²) in [6.45, 7) is 5.54. The molecule has 0 fully saturated rings. The summed E-state index contributed by atoms with van der Waals surface area (Å²) in [6, 6.07) is 11.0. The van der Waals surface area contributed by atoms with Crippen LogP contribution < -0.4 is 10.2 Å². The van der Waals surface area contributed by atoms with E-state index in [0.717, 1.165) is 16.8 Å². The Morgan fingerprint density at radius 2 is 1.96 bits per heavy atom. The number of aromatic nitrogens is 3. The summed E-state index contributed by atoms with van der Waals surface area (Å²) in [7, 11) is 0. The minimum atomic E-state index is -0.757. The molecule has 0 aliphatic carbocycles. The third-order valence-corrected chi connectivity index (χ3v) is 3.97. The molecule has 24 heavy (non-hydrogen) atoms. The van der Waals surface area contributed by atoms with Crippen LogP contribution in [0.4, 0.5) is 5.69 Å². The lowest BCUT2D eigenvalue weighted by molar-refractivity contribution is -0.127. The zero-order chi connectivity index (χ0) is 17.3. The third-order valence-electron chi connectivity index (χ3n) is 3.73. The van der Waals surface area contributed by atoms with E-state index in [1.807, 2.05) is 32.0 Å². The third kappa shape index (κ3) is 3.19. The first-order valence-corrected chi connectivity index (χ1v) is 7.88. The Morgan fingerprint density at radius 1 is 1.25 bits per heavy atom. The first kappa shape index (κ1) is 16.3. The van der Waals surface area contributed by atoms with Crippen molar-refractivity contribution in [1.29, 1.82) is 0 Å². The highest BCUT2D eigenvalue weighted by atomic mass is 35.5. The zero-order valence-corrected chi connectivity index (χ0v) is 14.3. The van der Waals surface area contributed by atoms with E-state index >= 15 is 0 Å². The largest absolute Gasteiger partial charge is 0.382 e. The van der Waals surface area contributed by atoms with E-state index in [2.05, 4.69) is 15.6 Å².